The Kier molecular flexibility index (Phi) is 1.27. The summed E-state index contributed by atoms with van der Waals surface area (Å²) in [4.78, 5) is 0. The van der Waals surface area contributed by atoms with Gasteiger partial charge < -0.3 is 5.11 Å². The molecule has 12 heavy (non-hydrogen) atoms. The van der Waals surface area contributed by atoms with E-state index < -0.39 is 0 Å². The van der Waals surface area contributed by atoms with Crippen LogP contribution in [0.15, 0.2) is 12.2 Å². The fraction of sp³-hybridized carbons (Fsp3) is 0.818. The summed E-state index contributed by atoms with van der Waals surface area (Å²) < 4.78 is 0. The largest absolute Gasteiger partial charge is 0.392 e. The van der Waals surface area contributed by atoms with Crippen molar-refractivity contribution in [2.75, 3.05) is 0 Å². The first kappa shape index (κ1) is 7.14. The lowest BCUT2D eigenvalue weighted by molar-refractivity contribution is -0.0576. The molecule has 0 aromatic rings. The number of hydrogen-bond acceptors (Lipinski definition) is 1. The Hall–Kier alpha value is -0.300. The lowest BCUT2D eigenvalue weighted by atomic mass is 9.53. The van der Waals surface area contributed by atoms with Gasteiger partial charge in [0.25, 0.3) is 0 Å². The zero-order valence-electron chi connectivity index (χ0n) is 7.37. The maximum Gasteiger partial charge on any atom is 0.0634 e. The lowest BCUT2D eigenvalue weighted by Crippen LogP contribution is -2.49. The van der Waals surface area contributed by atoms with Gasteiger partial charge in [0.1, 0.15) is 0 Å². The quantitative estimate of drug-likeness (QED) is 0.543. The van der Waals surface area contributed by atoms with Gasteiger partial charge >= 0.3 is 0 Å². The minimum atomic E-state index is -0.0368. The fourth-order valence-corrected chi connectivity index (χ4v) is 3.76. The normalized spacial score (nSPS) is 56.4. The zero-order chi connectivity index (χ0) is 8.29. The van der Waals surface area contributed by atoms with Crippen LogP contribution in [-0.4, -0.2) is 11.2 Å². The van der Waals surface area contributed by atoms with Crippen molar-refractivity contribution in [2.24, 2.45) is 23.7 Å². The van der Waals surface area contributed by atoms with Gasteiger partial charge in [-0.05, 0) is 43.4 Å². The molecule has 0 radical (unpaired) electrons. The first-order valence-electron chi connectivity index (χ1n) is 5.12. The van der Waals surface area contributed by atoms with E-state index in [0.29, 0.717) is 11.8 Å². The molecule has 4 aliphatic rings. The van der Waals surface area contributed by atoms with Gasteiger partial charge in [0.2, 0.25) is 0 Å². The summed E-state index contributed by atoms with van der Waals surface area (Å²) in [5.41, 5.74) is 1.37. The van der Waals surface area contributed by atoms with Crippen molar-refractivity contribution in [3.8, 4) is 0 Å². The molecule has 4 unspecified atom stereocenters. The molecular weight excluding hydrogens is 148 g/mol. The smallest absolute Gasteiger partial charge is 0.0634 e. The van der Waals surface area contributed by atoms with Crippen LogP contribution in [0.5, 0.6) is 0 Å². The summed E-state index contributed by atoms with van der Waals surface area (Å²) in [5, 5.41) is 9.94. The molecule has 0 aromatic carbocycles. The maximum atomic E-state index is 9.94. The van der Waals surface area contributed by atoms with Gasteiger partial charge in [-0.1, -0.05) is 12.2 Å². The van der Waals surface area contributed by atoms with Crippen LogP contribution in [0.2, 0.25) is 0 Å². The predicted molar refractivity (Wildman–Crippen MR) is 47.6 cm³/mol. The topological polar surface area (TPSA) is 20.2 Å². The third-order valence-electron chi connectivity index (χ3n) is 4.32. The molecule has 4 rings (SSSR count). The molecule has 0 amide bonds. The van der Waals surface area contributed by atoms with Gasteiger partial charge in [0.15, 0.2) is 0 Å². The predicted octanol–water partition coefficient (Wildman–Crippen LogP) is 1.97. The van der Waals surface area contributed by atoms with Crippen molar-refractivity contribution in [3.63, 3.8) is 0 Å². The molecule has 0 spiro atoms. The van der Waals surface area contributed by atoms with Crippen LogP contribution in [0, 0.1) is 23.7 Å². The molecule has 1 N–H and O–H groups in total. The minimum absolute atomic E-state index is 0.0368. The van der Waals surface area contributed by atoms with E-state index in [1.807, 2.05) is 0 Å². The van der Waals surface area contributed by atoms with Gasteiger partial charge in [0, 0.05) is 5.92 Å². The first-order chi connectivity index (χ1) is 5.75. The Morgan fingerprint density at radius 3 is 2.83 bits per heavy atom. The average molecular weight is 164 g/mol. The third kappa shape index (κ3) is 0.731. The molecule has 4 fully saturated rings. The maximum absolute atomic E-state index is 9.94. The van der Waals surface area contributed by atoms with Crippen molar-refractivity contribution >= 4 is 0 Å². The number of aliphatic hydroxyl groups is 1. The van der Waals surface area contributed by atoms with E-state index in [1.54, 1.807) is 0 Å². The van der Waals surface area contributed by atoms with E-state index in [0.717, 1.165) is 11.8 Å². The molecule has 4 bridgehead atoms. The Balaban J connectivity index is 1.98. The fourth-order valence-electron chi connectivity index (χ4n) is 3.76. The lowest BCUT2D eigenvalue weighted by Gasteiger charge is -2.53. The molecule has 4 aliphatic carbocycles. The minimum Gasteiger partial charge on any atom is -0.392 e. The molecule has 1 heteroatoms. The molecule has 0 saturated heterocycles. The van der Waals surface area contributed by atoms with Gasteiger partial charge in [-0.15, -0.1) is 0 Å². The van der Waals surface area contributed by atoms with E-state index in [2.05, 4.69) is 6.58 Å². The molecule has 0 heterocycles. The highest BCUT2D eigenvalue weighted by Gasteiger charge is 2.49. The number of hydrogen-bond donors (Lipinski definition) is 1. The van der Waals surface area contributed by atoms with Crippen molar-refractivity contribution in [2.45, 2.75) is 31.8 Å². The van der Waals surface area contributed by atoms with Gasteiger partial charge in [-0.25, -0.2) is 0 Å². The average Bonchev–Trinajstić information content (AvgIpc) is 2.07. The summed E-state index contributed by atoms with van der Waals surface area (Å²) >= 11 is 0. The SMILES string of the molecule is C=C1C2CC3CC(C2)[C@H](O)C1C3. The van der Waals surface area contributed by atoms with Crippen LogP contribution >= 0.6 is 0 Å². The van der Waals surface area contributed by atoms with Crippen LogP contribution < -0.4 is 0 Å². The highest BCUT2D eigenvalue weighted by Crippen LogP contribution is 2.55. The second kappa shape index (κ2) is 2.14. The highest BCUT2D eigenvalue weighted by molar-refractivity contribution is 5.19. The Labute approximate surface area is 73.5 Å². The van der Waals surface area contributed by atoms with Crippen molar-refractivity contribution in [3.05, 3.63) is 12.2 Å². The molecule has 66 valence electrons. The van der Waals surface area contributed by atoms with Crippen LogP contribution in [0.1, 0.15) is 25.7 Å². The second-order valence-electron chi connectivity index (χ2n) is 4.94. The van der Waals surface area contributed by atoms with Crippen molar-refractivity contribution < 1.29 is 5.11 Å². The standard InChI is InChI=1S/C11H16O/c1-6-8-2-7-3-9(5-8)11(12)10(6)4-7/h7-12H,1-5H2/t7?,8?,9?,10?,11-/m0/s1. The molecular formula is C11H16O. The van der Waals surface area contributed by atoms with E-state index in [-0.39, 0.29) is 6.10 Å². The molecule has 4 saturated carbocycles. The first-order valence-corrected chi connectivity index (χ1v) is 5.12. The van der Waals surface area contributed by atoms with Crippen LogP contribution in [0.4, 0.5) is 0 Å². The molecule has 0 aliphatic heterocycles. The van der Waals surface area contributed by atoms with E-state index in [4.69, 9.17) is 0 Å². The summed E-state index contributed by atoms with van der Waals surface area (Å²) in [6.45, 7) is 4.14. The van der Waals surface area contributed by atoms with Crippen LogP contribution in [-0.2, 0) is 0 Å². The van der Waals surface area contributed by atoms with Gasteiger partial charge in [-0.2, -0.15) is 0 Å². The molecule has 1 nitrogen and oxygen atoms in total. The second-order valence-corrected chi connectivity index (χ2v) is 4.94. The van der Waals surface area contributed by atoms with Crippen molar-refractivity contribution in [1.29, 1.82) is 0 Å². The zero-order valence-corrected chi connectivity index (χ0v) is 7.37. The Bertz CT molecular complexity index is 233. The van der Waals surface area contributed by atoms with Crippen LogP contribution in [0.3, 0.4) is 0 Å². The van der Waals surface area contributed by atoms with Gasteiger partial charge in [-0.3, -0.25) is 0 Å². The van der Waals surface area contributed by atoms with E-state index in [9.17, 15) is 5.11 Å². The van der Waals surface area contributed by atoms with E-state index >= 15 is 0 Å². The van der Waals surface area contributed by atoms with Crippen LogP contribution in [0.25, 0.3) is 0 Å². The van der Waals surface area contributed by atoms with Gasteiger partial charge in [0.05, 0.1) is 6.10 Å². The monoisotopic (exact) mass is 164 g/mol. The van der Waals surface area contributed by atoms with E-state index in [1.165, 1.54) is 31.3 Å². The Morgan fingerprint density at radius 1 is 1.17 bits per heavy atom. The van der Waals surface area contributed by atoms with Crippen molar-refractivity contribution in [1.82, 2.24) is 0 Å². The molecule has 0 aromatic heterocycles. The third-order valence-corrected chi connectivity index (χ3v) is 4.32. The summed E-state index contributed by atoms with van der Waals surface area (Å²) in [6.07, 6.45) is 5.09. The highest BCUT2D eigenvalue weighted by atomic mass is 16.3. The Morgan fingerprint density at radius 2 is 2.00 bits per heavy atom. The molecule has 5 atom stereocenters. The number of aliphatic hydroxyl groups excluding tert-OH is 1. The summed E-state index contributed by atoms with van der Waals surface area (Å²) in [5.74, 6) is 2.79. The summed E-state index contributed by atoms with van der Waals surface area (Å²) in [7, 11) is 0. The number of rotatable bonds is 0. The summed E-state index contributed by atoms with van der Waals surface area (Å²) in [6, 6.07) is 0.